The average molecular weight is 359 g/mol. The maximum Gasteiger partial charge on any atom is 0.0848 e. The molecule has 0 amide bonds. The molecule has 0 radical (unpaired) electrons. The van der Waals surface area contributed by atoms with E-state index in [-0.39, 0.29) is 11.6 Å². The molecule has 0 aliphatic heterocycles. The van der Waals surface area contributed by atoms with E-state index in [1.54, 1.807) is 0 Å². The molecule has 21 heavy (non-hydrogen) atoms. The molecule has 0 spiro atoms. The molecule has 1 aliphatic rings. The topological polar surface area (TPSA) is 65.1 Å². The highest BCUT2D eigenvalue weighted by Gasteiger charge is 2.40. The second-order valence-electron chi connectivity index (χ2n) is 5.94. The van der Waals surface area contributed by atoms with Crippen molar-refractivity contribution in [3.8, 4) is 0 Å². The zero-order chi connectivity index (χ0) is 15.5. The van der Waals surface area contributed by atoms with Crippen molar-refractivity contribution in [2.45, 2.75) is 63.5 Å². The summed E-state index contributed by atoms with van der Waals surface area (Å²) in [5, 5.41) is 4.57. The lowest BCUT2D eigenvalue weighted by Gasteiger charge is -2.42. The molecule has 5 nitrogen and oxygen atoms in total. The van der Waals surface area contributed by atoms with Crippen molar-refractivity contribution in [3.63, 3.8) is 0 Å². The lowest BCUT2D eigenvalue weighted by molar-refractivity contribution is -0.0677. The Balaban J connectivity index is 2.24. The molecule has 1 heterocycles. The largest absolute Gasteiger partial charge is 0.377 e. The Bertz CT molecular complexity index is 468. The zero-order valence-corrected chi connectivity index (χ0v) is 14.9. The molecule has 0 aromatic carbocycles. The summed E-state index contributed by atoms with van der Waals surface area (Å²) in [5.41, 5.74) is 5.12. The maximum atomic E-state index is 5.93. The Kier molecular flexibility index (Phi) is 5.82. The quantitative estimate of drug-likeness (QED) is 0.605. The second-order valence-corrected chi connectivity index (χ2v) is 6.73. The minimum atomic E-state index is -0.164. The SMILES string of the molecule is CCc1nn(C)c(CC(NN)C2(OC)CCCCC2)c1Br. The van der Waals surface area contributed by atoms with E-state index < -0.39 is 0 Å². The number of nitrogens with one attached hydrogen (secondary N) is 1. The van der Waals surface area contributed by atoms with E-state index in [2.05, 4.69) is 33.4 Å². The van der Waals surface area contributed by atoms with Crippen LogP contribution in [-0.4, -0.2) is 28.5 Å². The minimum absolute atomic E-state index is 0.0965. The van der Waals surface area contributed by atoms with Gasteiger partial charge in [-0.3, -0.25) is 16.0 Å². The number of methoxy groups -OCH3 is 1. The first kappa shape index (κ1) is 16.9. The van der Waals surface area contributed by atoms with Crippen molar-refractivity contribution in [3.05, 3.63) is 15.9 Å². The van der Waals surface area contributed by atoms with Gasteiger partial charge >= 0.3 is 0 Å². The number of hydrogen-bond acceptors (Lipinski definition) is 4. The summed E-state index contributed by atoms with van der Waals surface area (Å²) < 4.78 is 8.99. The summed E-state index contributed by atoms with van der Waals surface area (Å²) in [7, 11) is 3.80. The normalized spacial score (nSPS) is 19.7. The van der Waals surface area contributed by atoms with E-state index in [4.69, 9.17) is 10.6 Å². The highest BCUT2D eigenvalue weighted by atomic mass is 79.9. The Morgan fingerprint density at radius 1 is 1.43 bits per heavy atom. The van der Waals surface area contributed by atoms with E-state index >= 15 is 0 Å². The fourth-order valence-electron chi connectivity index (χ4n) is 3.48. The van der Waals surface area contributed by atoms with Gasteiger partial charge in [-0.15, -0.1) is 0 Å². The Morgan fingerprint density at radius 3 is 2.57 bits per heavy atom. The first-order chi connectivity index (χ1) is 10.1. The third-order valence-corrected chi connectivity index (χ3v) is 5.76. The fourth-order valence-corrected chi connectivity index (χ4v) is 4.25. The van der Waals surface area contributed by atoms with Crippen molar-refractivity contribution in [2.24, 2.45) is 12.9 Å². The lowest BCUT2D eigenvalue weighted by Crippen LogP contribution is -2.56. The molecular weight excluding hydrogens is 332 g/mol. The van der Waals surface area contributed by atoms with Crippen LogP contribution in [-0.2, 0) is 24.6 Å². The molecular formula is C15H27BrN4O. The first-order valence-corrected chi connectivity index (χ1v) is 8.58. The molecule has 3 N–H and O–H groups in total. The van der Waals surface area contributed by atoms with Crippen LogP contribution in [0, 0.1) is 0 Å². The van der Waals surface area contributed by atoms with Gasteiger partial charge in [-0.1, -0.05) is 26.2 Å². The van der Waals surface area contributed by atoms with Crippen LogP contribution < -0.4 is 11.3 Å². The van der Waals surface area contributed by atoms with Crippen LogP contribution in [0.5, 0.6) is 0 Å². The van der Waals surface area contributed by atoms with Gasteiger partial charge in [-0.25, -0.2) is 0 Å². The fraction of sp³-hybridized carbons (Fsp3) is 0.800. The number of ether oxygens (including phenoxy) is 1. The van der Waals surface area contributed by atoms with Gasteiger partial charge in [0, 0.05) is 20.6 Å². The number of hydrazine groups is 1. The van der Waals surface area contributed by atoms with Gasteiger partial charge in [-0.05, 0) is 35.2 Å². The van der Waals surface area contributed by atoms with Crippen LogP contribution in [0.1, 0.15) is 50.4 Å². The van der Waals surface area contributed by atoms with Crippen molar-refractivity contribution < 1.29 is 4.74 Å². The van der Waals surface area contributed by atoms with Crippen LogP contribution in [0.15, 0.2) is 4.47 Å². The molecule has 6 heteroatoms. The lowest BCUT2D eigenvalue weighted by atomic mass is 9.78. The maximum absolute atomic E-state index is 5.93. The molecule has 120 valence electrons. The van der Waals surface area contributed by atoms with Crippen LogP contribution in [0.25, 0.3) is 0 Å². The van der Waals surface area contributed by atoms with Gasteiger partial charge in [-0.2, -0.15) is 5.10 Å². The summed E-state index contributed by atoms with van der Waals surface area (Å²) in [4.78, 5) is 0. The van der Waals surface area contributed by atoms with Crippen LogP contribution >= 0.6 is 15.9 Å². The summed E-state index contributed by atoms with van der Waals surface area (Å²) >= 11 is 3.69. The number of halogens is 1. The average Bonchev–Trinajstić information content (AvgIpc) is 2.79. The van der Waals surface area contributed by atoms with Crippen molar-refractivity contribution in [2.75, 3.05) is 7.11 Å². The number of aromatic nitrogens is 2. The second kappa shape index (κ2) is 7.22. The van der Waals surface area contributed by atoms with Crippen LogP contribution in [0.4, 0.5) is 0 Å². The van der Waals surface area contributed by atoms with Crippen LogP contribution in [0.3, 0.4) is 0 Å². The highest BCUT2D eigenvalue weighted by molar-refractivity contribution is 9.10. The predicted octanol–water partition coefficient (Wildman–Crippen LogP) is 2.47. The molecule has 1 saturated carbocycles. The van der Waals surface area contributed by atoms with E-state index in [9.17, 15) is 0 Å². The number of nitrogens with zero attached hydrogens (tertiary/aromatic N) is 2. The van der Waals surface area contributed by atoms with E-state index in [0.29, 0.717) is 0 Å². The Morgan fingerprint density at radius 2 is 2.10 bits per heavy atom. The van der Waals surface area contributed by atoms with E-state index in [1.807, 2.05) is 18.8 Å². The first-order valence-electron chi connectivity index (χ1n) is 7.79. The smallest absolute Gasteiger partial charge is 0.0848 e. The molecule has 1 fully saturated rings. The monoisotopic (exact) mass is 358 g/mol. The summed E-state index contributed by atoms with van der Waals surface area (Å²) in [5.74, 6) is 5.88. The van der Waals surface area contributed by atoms with Crippen molar-refractivity contribution >= 4 is 15.9 Å². The molecule has 1 atom stereocenters. The molecule has 2 rings (SSSR count). The van der Waals surface area contributed by atoms with Gasteiger partial charge in [0.2, 0.25) is 0 Å². The summed E-state index contributed by atoms with van der Waals surface area (Å²) in [6.45, 7) is 2.12. The summed E-state index contributed by atoms with van der Waals surface area (Å²) in [6, 6.07) is 0.0965. The minimum Gasteiger partial charge on any atom is -0.377 e. The van der Waals surface area contributed by atoms with Gasteiger partial charge in [0.05, 0.1) is 27.5 Å². The predicted molar refractivity (Wildman–Crippen MR) is 87.9 cm³/mol. The molecule has 0 saturated heterocycles. The van der Waals surface area contributed by atoms with Crippen molar-refractivity contribution in [1.82, 2.24) is 15.2 Å². The van der Waals surface area contributed by atoms with Gasteiger partial charge < -0.3 is 4.74 Å². The number of rotatable bonds is 6. The van der Waals surface area contributed by atoms with Crippen molar-refractivity contribution in [1.29, 1.82) is 0 Å². The number of nitrogens with two attached hydrogens (primary N) is 1. The number of aryl methyl sites for hydroxylation is 2. The Labute approximate surface area is 135 Å². The molecule has 0 bridgehead atoms. The van der Waals surface area contributed by atoms with Gasteiger partial charge in [0.15, 0.2) is 0 Å². The standard InChI is InChI=1S/C15H27BrN4O/c1-4-11-14(16)12(20(2)19-11)10-13(18-17)15(21-3)8-6-5-7-9-15/h13,18H,4-10,17H2,1-3H3. The molecule has 1 unspecified atom stereocenters. The third kappa shape index (κ3) is 3.33. The number of hydrogen-bond donors (Lipinski definition) is 2. The van der Waals surface area contributed by atoms with Gasteiger partial charge in [0.1, 0.15) is 0 Å². The molecule has 1 aliphatic carbocycles. The highest BCUT2D eigenvalue weighted by Crippen LogP contribution is 2.36. The molecule has 1 aromatic rings. The third-order valence-electron chi connectivity index (χ3n) is 4.84. The van der Waals surface area contributed by atoms with Gasteiger partial charge in [0.25, 0.3) is 0 Å². The summed E-state index contributed by atoms with van der Waals surface area (Å²) in [6.07, 6.45) is 7.57. The van der Waals surface area contributed by atoms with E-state index in [0.717, 1.165) is 35.8 Å². The molecule has 1 aromatic heterocycles. The zero-order valence-electron chi connectivity index (χ0n) is 13.3. The van der Waals surface area contributed by atoms with E-state index in [1.165, 1.54) is 25.0 Å². The Hall–Kier alpha value is -0.430. The van der Waals surface area contributed by atoms with Crippen LogP contribution in [0.2, 0.25) is 0 Å².